The summed E-state index contributed by atoms with van der Waals surface area (Å²) in [6.07, 6.45) is 65.3. The van der Waals surface area contributed by atoms with Crippen molar-refractivity contribution in [1.82, 2.24) is 5.32 Å². The Kier molecular flexibility index (Phi) is 55.5. The molecule has 0 spiro atoms. The van der Waals surface area contributed by atoms with Crippen LogP contribution in [0.15, 0.2) is 0 Å². The molecule has 0 radical (unpaired) electrons. The topological polar surface area (TPSA) is 95.9 Å². The number of rotatable bonds is 57. The van der Waals surface area contributed by atoms with E-state index in [4.69, 9.17) is 4.74 Å². The summed E-state index contributed by atoms with van der Waals surface area (Å²) in [5.74, 6) is -0.0180. The Labute approximate surface area is 413 Å². The van der Waals surface area contributed by atoms with Crippen molar-refractivity contribution in [2.24, 2.45) is 0 Å². The second-order valence-corrected chi connectivity index (χ2v) is 21.1. The summed E-state index contributed by atoms with van der Waals surface area (Å²) in [5.41, 5.74) is 0. The SMILES string of the molecule is CCCCCCCCCCCCCCCCCC(=O)OCCCCCCCCCCCCCCCCCCCCCCCC(=O)NC(CO)C(O)CCCCCCCCCCCCCCC. The Morgan fingerprint density at radius 1 is 0.364 bits per heavy atom. The molecule has 2 atom stereocenters. The Bertz CT molecular complexity index is 944. The van der Waals surface area contributed by atoms with Crippen molar-refractivity contribution in [1.29, 1.82) is 0 Å². The minimum atomic E-state index is -0.663. The summed E-state index contributed by atoms with van der Waals surface area (Å²) in [4.78, 5) is 24.5. The lowest BCUT2D eigenvalue weighted by Crippen LogP contribution is -2.45. The fourth-order valence-corrected chi connectivity index (χ4v) is 9.76. The van der Waals surface area contributed by atoms with E-state index in [-0.39, 0.29) is 18.5 Å². The number of aliphatic hydroxyl groups excluding tert-OH is 2. The number of esters is 1. The lowest BCUT2D eigenvalue weighted by molar-refractivity contribution is -0.143. The first kappa shape index (κ1) is 64.9. The molecule has 6 heteroatoms. The summed E-state index contributed by atoms with van der Waals surface area (Å²) < 4.78 is 5.49. The third kappa shape index (κ3) is 52.2. The minimum Gasteiger partial charge on any atom is -0.466 e. The summed E-state index contributed by atoms with van der Waals surface area (Å²) in [6.45, 7) is 4.98. The third-order valence-corrected chi connectivity index (χ3v) is 14.4. The standard InChI is InChI=1S/C60H119NO5/c1-3-5-7-9-11-13-15-17-25-30-34-38-42-46-50-54-60(65)66-55-51-47-43-39-35-31-27-24-22-20-18-19-21-23-26-29-33-37-41-45-49-53-59(64)61-57(56-62)58(63)52-48-44-40-36-32-28-16-14-12-10-8-6-4-2/h57-58,62-63H,3-56H2,1-2H3,(H,61,64). The van der Waals surface area contributed by atoms with Crippen molar-refractivity contribution in [2.75, 3.05) is 13.2 Å². The van der Waals surface area contributed by atoms with Crippen LogP contribution in [0.25, 0.3) is 0 Å². The smallest absolute Gasteiger partial charge is 0.305 e. The molecule has 0 aromatic rings. The minimum absolute atomic E-state index is 0.0158. The van der Waals surface area contributed by atoms with Gasteiger partial charge in [-0.3, -0.25) is 9.59 Å². The monoisotopic (exact) mass is 934 g/mol. The summed E-state index contributed by atoms with van der Waals surface area (Å²) in [5, 5.41) is 23.2. The Hall–Kier alpha value is -1.14. The van der Waals surface area contributed by atoms with Crippen LogP contribution in [0.1, 0.15) is 348 Å². The normalized spacial score (nSPS) is 12.5. The van der Waals surface area contributed by atoms with Crippen LogP contribution in [0.3, 0.4) is 0 Å². The van der Waals surface area contributed by atoms with Gasteiger partial charge in [-0.2, -0.15) is 0 Å². The maximum absolute atomic E-state index is 12.5. The van der Waals surface area contributed by atoms with Gasteiger partial charge in [0, 0.05) is 12.8 Å². The molecule has 0 heterocycles. The van der Waals surface area contributed by atoms with Crippen LogP contribution in [0.4, 0.5) is 0 Å². The highest BCUT2D eigenvalue weighted by atomic mass is 16.5. The molecular weight excluding hydrogens is 815 g/mol. The van der Waals surface area contributed by atoms with Crippen LogP contribution >= 0.6 is 0 Å². The molecule has 0 saturated carbocycles. The lowest BCUT2D eigenvalue weighted by Gasteiger charge is -2.22. The molecular formula is C60H119NO5. The molecule has 0 bridgehead atoms. The molecule has 0 fully saturated rings. The van der Waals surface area contributed by atoms with E-state index in [2.05, 4.69) is 19.2 Å². The maximum Gasteiger partial charge on any atom is 0.305 e. The van der Waals surface area contributed by atoms with Crippen LogP contribution in [0.2, 0.25) is 0 Å². The van der Waals surface area contributed by atoms with E-state index in [0.29, 0.717) is 25.9 Å². The van der Waals surface area contributed by atoms with Crippen molar-refractivity contribution < 1.29 is 24.5 Å². The number of aliphatic hydroxyl groups is 2. The zero-order valence-electron chi connectivity index (χ0n) is 45.0. The van der Waals surface area contributed by atoms with E-state index in [1.807, 2.05) is 0 Å². The molecule has 3 N–H and O–H groups in total. The molecule has 0 aliphatic rings. The van der Waals surface area contributed by atoms with Gasteiger partial charge in [-0.15, -0.1) is 0 Å². The van der Waals surface area contributed by atoms with Crippen LogP contribution in [-0.4, -0.2) is 47.4 Å². The van der Waals surface area contributed by atoms with Gasteiger partial charge in [0.15, 0.2) is 0 Å². The molecule has 394 valence electrons. The Morgan fingerprint density at radius 3 is 0.924 bits per heavy atom. The molecule has 0 aliphatic heterocycles. The van der Waals surface area contributed by atoms with Crippen molar-refractivity contribution in [3.63, 3.8) is 0 Å². The largest absolute Gasteiger partial charge is 0.466 e. The third-order valence-electron chi connectivity index (χ3n) is 14.4. The highest BCUT2D eigenvalue weighted by Gasteiger charge is 2.20. The predicted molar refractivity (Wildman–Crippen MR) is 287 cm³/mol. The summed E-state index contributed by atoms with van der Waals surface area (Å²) >= 11 is 0. The lowest BCUT2D eigenvalue weighted by atomic mass is 10.0. The van der Waals surface area contributed by atoms with Gasteiger partial charge in [0.2, 0.25) is 5.91 Å². The summed E-state index contributed by atoms with van der Waals surface area (Å²) in [7, 11) is 0. The highest BCUT2D eigenvalue weighted by Crippen LogP contribution is 2.18. The van der Waals surface area contributed by atoms with Gasteiger partial charge in [-0.05, 0) is 25.7 Å². The Balaban J connectivity index is 3.35. The van der Waals surface area contributed by atoms with Gasteiger partial charge >= 0.3 is 5.97 Å². The first-order chi connectivity index (χ1) is 32.5. The number of carbonyl (C=O) groups excluding carboxylic acids is 2. The van der Waals surface area contributed by atoms with Crippen molar-refractivity contribution in [3.8, 4) is 0 Å². The fourth-order valence-electron chi connectivity index (χ4n) is 9.76. The van der Waals surface area contributed by atoms with E-state index in [0.717, 1.165) is 38.5 Å². The van der Waals surface area contributed by atoms with Crippen molar-refractivity contribution in [2.45, 2.75) is 360 Å². The van der Waals surface area contributed by atoms with Crippen molar-refractivity contribution >= 4 is 11.9 Å². The average Bonchev–Trinajstić information content (AvgIpc) is 3.32. The van der Waals surface area contributed by atoms with E-state index in [9.17, 15) is 19.8 Å². The number of hydrogen-bond acceptors (Lipinski definition) is 5. The van der Waals surface area contributed by atoms with E-state index >= 15 is 0 Å². The zero-order chi connectivity index (χ0) is 47.9. The molecule has 0 aromatic heterocycles. The molecule has 0 aliphatic carbocycles. The fraction of sp³-hybridized carbons (Fsp3) is 0.967. The second kappa shape index (κ2) is 56.4. The second-order valence-electron chi connectivity index (χ2n) is 21.1. The molecule has 6 nitrogen and oxygen atoms in total. The highest BCUT2D eigenvalue weighted by molar-refractivity contribution is 5.76. The molecule has 66 heavy (non-hydrogen) atoms. The van der Waals surface area contributed by atoms with Gasteiger partial charge in [-0.1, -0.05) is 309 Å². The van der Waals surface area contributed by atoms with Crippen LogP contribution in [0, 0.1) is 0 Å². The number of nitrogens with one attached hydrogen (secondary N) is 1. The van der Waals surface area contributed by atoms with Gasteiger partial charge in [-0.25, -0.2) is 0 Å². The quantitative estimate of drug-likeness (QED) is 0.0417. The average molecular weight is 935 g/mol. The Morgan fingerprint density at radius 2 is 0.621 bits per heavy atom. The number of hydrogen-bond donors (Lipinski definition) is 3. The van der Waals surface area contributed by atoms with Gasteiger partial charge in [0.1, 0.15) is 0 Å². The first-order valence-corrected chi connectivity index (χ1v) is 30.3. The van der Waals surface area contributed by atoms with Crippen LogP contribution in [0.5, 0.6) is 0 Å². The predicted octanol–water partition coefficient (Wildman–Crippen LogP) is 18.7. The van der Waals surface area contributed by atoms with E-state index in [1.54, 1.807) is 0 Å². The summed E-state index contributed by atoms with van der Waals surface area (Å²) in [6, 6.07) is -0.540. The molecule has 0 saturated heterocycles. The number of ether oxygens (including phenoxy) is 1. The molecule has 1 amide bonds. The molecule has 0 aromatic carbocycles. The molecule has 0 rings (SSSR count). The van der Waals surface area contributed by atoms with Crippen LogP contribution < -0.4 is 5.32 Å². The van der Waals surface area contributed by atoms with Gasteiger partial charge in [0.05, 0.1) is 25.4 Å². The van der Waals surface area contributed by atoms with Gasteiger partial charge in [0.25, 0.3) is 0 Å². The van der Waals surface area contributed by atoms with Crippen molar-refractivity contribution in [3.05, 3.63) is 0 Å². The van der Waals surface area contributed by atoms with E-state index in [1.165, 1.54) is 276 Å². The van der Waals surface area contributed by atoms with Gasteiger partial charge < -0.3 is 20.3 Å². The number of amides is 1. The maximum atomic E-state index is 12.5. The zero-order valence-corrected chi connectivity index (χ0v) is 45.0. The van der Waals surface area contributed by atoms with E-state index < -0.39 is 12.1 Å². The number of carbonyl (C=O) groups is 2. The number of unbranched alkanes of at least 4 members (excludes halogenated alkanes) is 46. The van der Waals surface area contributed by atoms with Crippen LogP contribution in [-0.2, 0) is 14.3 Å². The molecule has 2 unspecified atom stereocenters. The first-order valence-electron chi connectivity index (χ1n) is 30.3.